The second-order valence-electron chi connectivity index (χ2n) is 8.51. The normalized spacial score (nSPS) is 23.5. The van der Waals surface area contributed by atoms with Crippen LogP contribution >= 0.6 is 0 Å². The molecule has 8 heteroatoms. The molecule has 1 aliphatic heterocycles. The molecule has 2 aromatic rings. The van der Waals surface area contributed by atoms with Gasteiger partial charge in [0.25, 0.3) is 0 Å². The Balaban J connectivity index is 1.39. The molecule has 1 aromatic heterocycles. The molecule has 0 bridgehead atoms. The molecule has 170 valence electrons. The van der Waals surface area contributed by atoms with Crippen LogP contribution in [-0.4, -0.2) is 59.2 Å². The SMILES string of the molecule is Cc1cccc(O[C@@H]2CC[C@H](C(=O)N3CCN(c4ccccc4)CC3)[C@@H](C(=O)NO)C2)n1. The summed E-state index contributed by atoms with van der Waals surface area (Å²) in [6.45, 7) is 4.63. The van der Waals surface area contributed by atoms with E-state index in [9.17, 15) is 14.8 Å². The first-order valence-electron chi connectivity index (χ1n) is 11.2. The van der Waals surface area contributed by atoms with Crippen LogP contribution in [0.4, 0.5) is 5.69 Å². The number of hydrogen-bond donors (Lipinski definition) is 2. The Morgan fingerprint density at radius 1 is 1.00 bits per heavy atom. The number of anilines is 1. The molecular weight excluding hydrogens is 408 g/mol. The fourth-order valence-corrected chi connectivity index (χ4v) is 4.72. The molecule has 0 radical (unpaired) electrons. The van der Waals surface area contributed by atoms with Crippen molar-refractivity contribution < 1.29 is 19.5 Å². The number of ether oxygens (including phenoxy) is 1. The van der Waals surface area contributed by atoms with E-state index in [2.05, 4.69) is 22.0 Å². The third-order valence-electron chi connectivity index (χ3n) is 6.43. The molecule has 1 aliphatic carbocycles. The number of aromatic nitrogens is 1. The summed E-state index contributed by atoms with van der Waals surface area (Å²) in [5, 5.41) is 9.29. The molecule has 0 spiro atoms. The molecule has 2 aliphatic rings. The third kappa shape index (κ3) is 5.02. The van der Waals surface area contributed by atoms with Crippen molar-refractivity contribution in [3.8, 4) is 5.88 Å². The summed E-state index contributed by atoms with van der Waals surface area (Å²) in [4.78, 5) is 34.3. The van der Waals surface area contributed by atoms with Gasteiger partial charge in [-0.3, -0.25) is 14.8 Å². The van der Waals surface area contributed by atoms with E-state index < -0.39 is 17.7 Å². The van der Waals surface area contributed by atoms with Crippen LogP contribution in [0.1, 0.15) is 25.0 Å². The second kappa shape index (κ2) is 9.99. The summed E-state index contributed by atoms with van der Waals surface area (Å²) in [5.41, 5.74) is 3.76. The first-order valence-corrected chi connectivity index (χ1v) is 11.2. The van der Waals surface area contributed by atoms with Crippen LogP contribution in [0.2, 0.25) is 0 Å². The zero-order valence-corrected chi connectivity index (χ0v) is 18.3. The Kier molecular flexibility index (Phi) is 6.90. The standard InChI is InChI=1S/C24H30N4O4/c1-17-6-5-9-22(25-17)32-19-10-11-20(21(16-19)23(29)26-31)24(30)28-14-12-27(13-15-28)18-7-3-2-4-8-18/h2-9,19-21,31H,10-16H2,1H3,(H,26,29)/t19-,20+,21+/m1/s1. The number of hydrogen-bond acceptors (Lipinski definition) is 6. The molecule has 32 heavy (non-hydrogen) atoms. The summed E-state index contributed by atoms with van der Waals surface area (Å²) in [6, 6.07) is 15.7. The van der Waals surface area contributed by atoms with E-state index in [1.807, 2.05) is 42.2 Å². The lowest BCUT2D eigenvalue weighted by atomic mass is 9.76. The van der Waals surface area contributed by atoms with Crippen molar-refractivity contribution in [1.82, 2.24) is 15.4 Å². The van der Waals surface area contributed by atoms with Crippen molar-refractivity contribution in [2.24, 2.45) is 11.8 Å². The molecule has 1 aromatic carbocycles. The average molecular weight is 439 g/mol. The summed E-state index contributed by atoms with van der Waals surface area (Å²) in [5.74, 6) is -1.13. The summed E-state index contributed by atoms with van der Waals surface area (Å²) in [7, 11) is 0. The van der Waals surface area contributed by atoms with E-state index in [0.29, 0.717) is 38.2 Å². The fourth-order valence-electron chi connectivity index (χ4n) is 4.72. The van der Waals surface area contributed by atoms with Gasteiger partial charge in [0.05, 0.1) is 11.8 Å². The highest BCUT2D eigenvalue weighted by Crippen LogP contribution is 2.34. The lowest BCUT2D eigenvalue weighted by Gasteiger charge is -2.40. The van der Waals surface area contributed by atoms with Gasteiger partial charge in [-0.05, 0) is 44.4 Å². The minimum Gasteiger partial charge on any atom is -0.474 e. The highest BCUT2D eigenvalue weighted by molar-refractivity contribution is 5.87. The van der Waals surface area contributed by atoms with E-state index in [1.54, 1.807) is 11.5 Å². The first-order chi connectivity index (χ1) is 15.5. The van der Waals surface area contributed by atoms with Crippen molar-refractivity contribution in [3.63, 3.8) is 0 Å². The predicted octanol–water partition coefficient (Wildman–Crippen LogP) is 2.41. The number of carbonyl (C=O) groups is 2. The second-order valence-corrected chi connectivity index (χ2v) is 8.51. The number of nitrogens with one attached hydrogen (secondary N) is 1. The lowest BCUT2D eigenvalue weighted by Crippen LogP contribution is -2.53. The van der Waals surface area contributed by atoms with Gasteiger partial charge in [0.15, 0.2) is 0 Å². The summed E-state index contributed by atoms with van der Waals surface area (Å²) in [6.07, 6.45) is 1.32. The van der Waals surface area contributed by atoms with Crippen molar-refractivity contribution >= 4 is 17.5 Å². The molecule has 8 nitrogen and oxygen atoms in total. The maximum Gasteiger partial charge on any atom is 0.247 e. The Bertz CT molecular complexity index is 931. The van der Waals surface area contributed by atoms with Crippen molar-refractivity contribution in [3.05, 3.63) is 54.2 Å². The van der Waals surface area contributed by atoms with Gasteiger partial charge < -0.3 is 14.5 Å². The van der Waals surface area contributed by atoms with Crippen LogP contribution < -0.4 is 15.1 Å². The largest absolute Gasteiger partial charge is 0.474 e. The molecule has 0 unspecified atom stereocenters. The Morgan fingerprint density at radius 3 is 2.44 bits per heavy atom. The van der Waals surface area contributed by atoms with Crippen molar-refractivity contribution in [2.75, 3.05) is 31.1 Å². The number of hydroxylamine groups is 1. The number of para-hydroxylation sites is 1. The quantitative estimate of drug-likeness (QED) is 0.550. The predicted molar refractivity (Wildman–Crippen MR) is 119 cm³/mol. The molecule has 2 amide bonds. The molecule has 2 N–H and O–H groups in total. The molecule has 1 saturated carbocycles. The number of aryl methyl sites for hydroxylation is 1. The van der Waals surface area contributed by atoms with E-state index in [1.165, 1.54) is 0 Å². The van der Waals surface area contributed by atoms with E-state index >= 15 is 0 Å². The number of piperazine rings is 1. The molecule has 3 atom stereocenters. The zero-order chi connectivity index (χ0) is 22.5. The van der Waals surface area contributed by atoms with Gasteiger partial charge in [-0.1, -0.05) is 24.3 Å². The Hall–Kier alpha value is -3.13. The van der Waals surface area contributed by atoms with Gasteiger partial charge >= 0.3 is 0 Å². The Labute approximate surface area is 188 Å². The van der Waals surface area contributed by atoms with Gasteiger partial charge in [-0.2, -0.15) is 0 Å². The molecule has 2 fully saturated rings. The smallest absolute Gasteiger partial charge is 0.247 e. The molecule has 2 heterocycles. The number of benzene rings is 1. The minimum atomic E-state index is -0.636. The lowest BCUT2D eigenvalue weighted by molar-refractivity contribution is -0.148. The van der Waals surface area contributed by atoms with E-state index in [4.69, 9.17) is 4.74 Å². The van der Waals surface area contributed by atoms with Gasteiger partial charge in [0.1, 0.15) is 6.10 Å². The first kappa shape index (κ1) is 22.1. The van der Waals surface area contributed by atoms with Crippen LogP contribution in [-0.2, 0) is 9.59 Å². The zero-order valence-electron chi connectivity index (χ0n) is 18.3. The van der Waals surface area contributed by atoms with E-state index in [-0.39, 0.29) is 12.0 Å². The van der Waals surface area contributed by atoms with Crippen molar-refractivity contribution in [1.29, 1.82) is 0 Å². The highest BCUT2D eigenvalue weighted by Gasteiger charge is 2.42. The van der Waals surface area contributed by atoms with Crippen LogP contribution in [0.5, 0.6) is 5.88 Å². The fraction of sp³-hybridized carbons (Fsp3) is 0.458. The van der Waals surface area contributed by atoms with Crippen LogP contribution in [0, 0.1) is 18.8 Å². The topological polar surface area (TPSA) is 95.0 Å². The van der Waals surface area contributed by atoms with Crippen molar-refractivity contribution in [2.45, 2.75) is 32.3 Å². The maximum absolute atomic E-state index is 13.3. The minimum absolute atomic E-state index is 0.0153. The highest BCUT2D eigenvalue weighted by atomic mass is 16.5. The number of rotatable bonds is 5. The average Bonchev–Trinajstić information content (AvgIpc) is 2.84. The van der Waals surface area contributed by atoms with Gasteiger partial charge in [-0.25, -0.2) is 10.5 Å². The molecule has 4 rings (SSSR count). The third-order valence-corrected chi connectivity index (χ3v) is 6.43. The Morgan fingerprint density at radius 2 is 1.75 bits per heavy atom. The van der Waals surface area contributed by atoms with Gasteiger partial charge in [-0.15, -0.1) is 0 Å². The maximum atomic E-state index is 13.3. The summed E-state index contributed by atoms with van der Waals surface area (Å²) >= 11 is 0. The number of amides is 2. The summed E-state index contributed by atoms with van der Waals surface area (Å²) < 4.78 is 5.99. The number of carbonyl (C=O) groups excluding carboxylic acids is 2. The van der Waals surface area contributed by atoms with Crippen LogP contribution in [0.15, 0.2) is 48.5 Å². The van der Waals surface area contributed by atoms with Gasteiger partial charge in [0.2, 0.25) is 17.7 Å². The number of pyridine rings is 1. The molecule has 1 saturated heterocycles. The van der Waals surface area contributed by atoms with Gasteiger partial charge in [0, 0.05) is 43.6 Å². The van der Waals surface area contributed by atoms with E-state index in [0.717, 1.165) is 24.5 Å². The van der Waals surface area contributed by atoms with Crippen LogP contribution in [0.25, 0.3) is 0 Å². The number of nitrogens with zero attached hydrogens (tertiary/aromatic N) is 3. The molecular formula is C24H30N4O4. The van der Waals surface area contributed by atoms with Crippen LogP contribution in [0.3, 0.4) is 0 Å². The monoisotopic (exact) mass is 438 g/mol.